The summed E-state index contributed by atoms with van der Waals surface area (Å²) in [6, 6.07) is 8.31. The molecule has 0 aliphatic rings. The molecule has 2 aromatic carbocycles. The maximum absolute atomic E-state index is 12.8. The minimum atomic E-state index is -3.52. The van der Waals surface area contributed by atoms with Crippen LogP contribution < -0.4 is 10.1 Å². The van der Waals surface area contributed by atoms with Gasteiger partial charge >= 0.3 is 5.97 Å². The van der Waals surface area contributed by atoms with Crippen molar-refractivity contribution in [2.45, 2.75) is 25.2 Å². The highest BCUT2D eigenvalue weighted by Crippen LogP contribution is 2.26. The second-order valence-corrected chi connectivity index (χ2v) is 8.72. The van der Waals surface area contributed by atoms with E-state index in [0.29, 0.717) is 51.6 Å². The third-order valence-electron chi connectivity index (χ3n) is 4.60. The summed E-state index contributed by atoms with van der Waals surface area (Å²) in [6.45, 7) is 3.86. The number of aromatic amines is 1. The Kier molecular flexibility index (Phi) is 5.90. The van der Waals surface area contributed by atoms with E-state index in [2.05, 4.69) is 15.3 Å². The van der Waals surface area contributed by atoms with Gasteiger partial charge in [-0.25, -0.2) is 18.2 Å². The molecule has 8 nitrogen and oxygen atoms in total. The summed E-state index contributed by atoms with van der Waals surface area (Å²) in [5.41, 5.74) is 2.44. The second kappa shape index (κ2) is 8.22. The predicted molar refractivity (Wildman–Crippen MR) is 109 cm³/mol. The quantitative estimate of drug-likeness (QED) is 0.481. The highest BCUT2D eigenvalue weighted by molar-refractivity contribution is 7.91. The summed E-state index contributed by atoms with van der Waals surface area (Å²) in [5, 5.41) is 12.2. The number of rotatable bonds is 8. The molecular formula is C20H23N3O5S. The van der Waals surface area contributed by atoms with Crippen molar-refractivity contribution in [1.29, 1.82) is 0 Å². The Labute approximate surface area is 168 Å². The van der Waals surface area contributed by atoms with E-state index < -0.39 is 15.8 Å². The number of aromatic nitrogens is 2. The first-order chi connectivity index (χ1) is 13.7. The monoisotopic (exact) mass is 417 g/mol. The Bertz CT molecular complexity index is 1150. The molecule has 0 aliphatic heterocycles. The minimum Gasteiger partial charge on any atom is -0.497 e. The number of imidazole rings is 1. The van der Waals surface area contributed by atoms with E-state index in [9.17, 15) is 18.3 Å². The molecule has 154 valence electrons. The zero-order valence-corrected chi connectivity index (χ0v) is 17.3. The van der Waals surface area contributed by atoms with Gasteiger partial charge in [0.15, 0.2) is 9.84 Å². The molecule has 0 fully saturated rings. The number of carbonyl (C=O) groups is 1. The van der Waals surface area contributed by atoms with Crippen LogP contribution in [-0.2, 0) is 16.3 Å². The molecule has 0 atom stereocenters. The molecule has 0 saturated heterocycles. The molecule has 3 aromatic rings. The van der Waals surface area contributed by atoms with Crippen LogP contribution in [0.5, 0.6) is 5.75 Å². The number of aryl methyl sites for hydroxylation is 2. The molecule has 0 spiro atoms. The molecule has 3 N–H and O–H groups in total. The first-order valence-corrected chi connectivity index (χ1v) is 10.7. The lowest BCUT2D eigenvalue weighted by molar-refractivity contribution is 0.0699. The highest BCUT2D eigenvalue weighted by Gasteiger charge is 2.20. The van der Waals surface area contributed by atoms with Crippen LogP contribution in [0.25, 0.3) is 11.0 Å². The molecule has 0 saturated carbocycles. The number of para-hydroxylation sites is 1. The molecule has 0 amide bonds. The third-order valence-corrected chi connectivity index (χ3v) is 6.45. The van der Waals surface area contributed by atoms with Gasteiger partial charge in [-0.3, -0.25) is 0 Å². The van der Waals surface area contributed by atoms with E-state index in [1.807, 2.05) is 0 Å². The average Bonchev–Trinajstić information content (AvgIpc) is 3.07. The third kappa shape index (κ3) is 4.41. The number of nitrogens with zero attached hydrogens (tertiary/aromatic N) is 1. The molecule has 1 heterocycles. The van der Waals surface area contributed by atoms with E-state index in [1.165, 1.54) is 6.07 Å². The normalized spacial score (nSPS) is 11.7. The maximum atomic E-state index is 12.8. The van der Waals surface area contributed by atoms with Gasteiger partial charge in [0.2, 0.25) is 0 Å². The van der Waals surface area contributed by atoms with Crippen LogP contribution in [0.3, 0.4) is 0 Å². The van der Waals surface area contributed by atoms with Gasteiger partial charge in [0.05, 0.1) is 23.1 Å². The van der Waals surface area contributed by atoms with Gasteiger partial charge < -0.3 is 20.1 Å². The van der Waals surface area contributed by atoms with E-state index in [1.54, 1.807) is 45.2 Å². The van der Waals surface area contributed by atoms with Gasteiger partial charge in [-0.15, -0.1) is 0 Å². The van der Waals surface area contributed by atoms with Crippen LogP contribution >= 0.6 is 0 Å². The number of fused-ring (bicyclic) bond motifs is 1. The van der Waals surface area contributed by atoms with Crippen molar-refractivity contribution in [3.63, 3.8) is 0 Å². The smallest absolute Gasteiger partial charge is 0.337 e. The van der Waals surface area contributed by atoms with Gasteiger partial charge in [0.25, 0.3) is 0 Å². The van der Waals surface area contributed by atoms with Gasteiger partial charge in [-0.1, -0.05) is 6.07 Å². The molecular weight excluding hydrogens is 394 g/mol. The first-order valence-electron chi connectivity index (χ1n) is 9.02. The number of sulfone groups is 1. The second-order valence-electron chi connectivity index (χ2n) is 6.79. The number of hydrogen-bond acceptors (Lipinski definition) is 6. The number of hydrogen-bond donors (Lipinski definition) is 3. The van der Waals surface area contributed by atoms with Gasteiger partial charge in [-0.05, 0) is 49.2 Å². The molecule has 29 heavy (non-hydrogen) atoms. The van der Waals surface area contributed by atoms with Crippen LogP contribution in [0.4, 0.5) is 0 Å². The van der Waals surface area contributed by atoms with Crippen molar-refractivity contribution >= 4 is 26.8 Å². The lowest BCUT2D eigenvalue weighted by Gasteiger charge is -2.13. The number of ether oxygens (including phenoxy) is 1. The van der Waals surface area contributed by atoms with Crippen molar-refractivity contribution in [1.82, 2.24) is 15.3 Å². The van der Waals surface area contributed by atoms with Crippen LogP contribution in [-0.4, -0.2) is 49.0 Å². The highest BCUT2D eigenvalue weighted by atomic mass is 32.2. The fourth-order valence-electron chi connectivity index (χ4n) is 3.38. The summed E-state index contributed by atoms with van der Waals surface area (Å²) in [4.78, 5) is 19.0. The van der Waals surface area contributed by atoms with Gasteiger partial charge in [0.1, 0.15) is 23.0 Å². The predicted octanol–water partition coefficient (Wildman–Crippen LogP) is 2.45. The van der Waals surface area contributed by atoms with Crippen LogP contribution in [0.1, 0.15) is 27.3 Å². The summed E-state index contributed by atoms with van der Waals surface area (Å²) in [7, 11) is -1.98. The Balaban J connectivity index is 1.67. The number of carboxylic acids is 1. The summed E-state index contributed by atoms with van der Waals surface area (Å²) < 4.78 is 30.7. The Morgan fingerprint density at radius 2 is 1.93 bits per heavy atom. The number of H-pyrrole nitrogens is 1. The van der Waals surface area contributed by atoms with Crippen LogP contribution in [0.15, 0.2) is 35.2 Å². The van der Waals surface area contributed by atoms with Crippen molar-refractivity contribution < 1.29 is 23.1 Å². The SMILES string of the molecule is COc1cc(C)c(S(=O)(=O)CNCCc2nc3c(C(=O)O)cccc3[nH]2)c(C)c1. The molecule has 0 bridgehead atoms. The van der Waals surface area contributed by atoms with Crippen LogP contribution in [0, 0.1) is 13.8 Å². The van der Waals surface area contributed by atoms with E-state index >= 15 is 0 Å². The summed E-state index contributed by atoms with van der Waals surface area (Å²) in [6.07, 6.45) is 0.434. The number of benzene rings is 2. The van der Waals surface area contributed by atoms with Crippen molar-refractivity contribution in [3.05, 3.63) is 52.8 Å². The van der Waals surface area contributed by atoms with Crippen molar-refractivity contribution in [2.24, 2.45) is 0 Å². The van der Waals surface area contributed by atoms with Gasteiger partial charge in [0, 0.05) is 13.0 Å². The van der Waals surface area contributed by atoms with E-state index in [4.69, 9.17) is 4.74 Å². The fourth-order valence-corrected chi connectivity index (χ4v) is 5.04. The van der Waals surface area contributed by atoms with Crippen molar-refractivity contribution in [3.8, 4) is 5.75 Å². The van der Waals surface area contributed by atoms with E-state index in [-0.39, 0.29) is 11.4 Å². The molecule has 1 aromatic heterocycles. The Morgan fingerprint density at radius 3 is 2.55 bits per heavy atom. The topological polar surface area (TPSA) is 121 Å². The lowest BCUT2D eigenvalue weighted by atomic mass is 10.1. The molecule has 0 radical (unpaired) electrons. The first kappa shape index (κ1) is 20.8. The Morgan fingerprint density at radius 1 is 1.24 bits per heavy atom. The number of methoxy groups -OCH3 is 1. The average molecular weight is 417 g/mol. The molecule has 0 aliphatic carbocycles. The summed E-state index contributed by atoms with van der Waals surface area (Å²) >= 11 is 0. The summed E-state index contributed by atoms with van der Waals surface area (Å²) in [5.74, 6) is -0.0299. The largest absolute Gasteiger partial charge is 0.497 e. The van der Waals surface area contributed by atoms with Crippen molar-refractivity contribution in [2.75, 3.05) is 19.5 Å². The Hall–Kier alpha value is -2.91. The standard InChI is InChI=1S/C20H23N3O5S/c1-12-9-14(28-3)10-13(2)19(12)29(26,27)11-21-8-7-17-22-16-6-4-5-15(20(24)25)18(16)23-17/h4-6,9-10,21H,7-8,11H2,1-3H3,(H,22,23)(H,24,25). The molecule has 3 rings (SSSR count). The number of carboxylic acid groups (broad SMARTS) is 1. The number of aromatic carboxylic acids is 1. The zero-order valence-electron chi connectivity index (χ0n) is 16.4. The van der Waals surface area contributed by atoms with Crippen LogP contribution in [0.2, 0.25) is 0 Å². The van der Waals surface area contributed by atoms with E-state index in [0.717, 1.165) is 0 Å². The molecule has 0 unspecified atom stereocenters. The zero-order chi connectivity index (χ0) is 21.2. The molecule has 9 heteroatoms. The fraction of sp³-hybridized carbons (Fsp3) is 0.300. The number of nitrogens with one attached hydrogen (secondary N) is 2. The maximum Gasteiger partial charge on any atom is 0.337 e. The van der Waals surface area contributed by atoms with Gasteiger partial charge in [-0.2, -0.15) is 0 Å². The lowest BCUT2D eigenvalue weighted by Crippen LogP contribution is -2.26. The minimum absolute atomic E-state index is 0.131.